The molecular weight excluding hydrogens is 476 g/mol. The fraction of sp³-hybridized carbons (Fsp3) is 0.320. The third-order valence-electron chi connectivity index (χ3n) is 6.71. The molecule has 1 saturated heterocycles. The van der Waals surface area contributed by atoms with Gasteiger partial charge in [0.25, 0.3) is 0 Å². The lowest BCUT2D eigenvalue weighted by Crippen LogP contribution is -2.48. The molecule has 188 valence electrons. The monoisotopic (exact) mass is 500 g/mol. The van der Waals surface area contributed by atoms with Crippen molar-refractivity contribution < 1.29 is 22.4 Å². The highest BCUT2D eigenvalue weighted by Crippen LogP contribution is 2.36. The molecule has 1 aliphatic heterocycles. The fourth-order valence-corrected chi connectivity index (χ4v) is 4.70. The minimum Gasteiger partial charge on any atom is -0.363 e. The molecule has 1 amide bonds. The topological polar surface area (TPSA) is 65.8 Å². The number of hydrogen-bond donors (Lipinski definition) is 1. The second kappa shape index (κ2) is 8.65. The Kier molecular flexibility index (Phi) is 5.73. The van der Waals surface area contributed by atoms with Crippen LogP contribution in [0.5, 0.6) is 0 Å². The minimum absolute atomic E-state index is 0.0439. The van der Waals surface area contributed by atoms with Gasteiger partial charge in [-0.05, 0) is 37.1 Å². The molecule has 0 aliphatic carbocycles. The predicted molar refractivity (Wildman–Crippen MR) is 129 cm³/mol. The van der Waals surface area contributed by atoms with Gasteiger partial charge in [0.2, 0.25) is 11.7 Å². The Morgan fingerprint density at radius 1 is 1.17 bits per heavy atom. The van der Waals surface area contributed by atoms with Crippen LogP contribution < -0.4 is 10.2 Å². The van der Waals surface area contributed by atoms with Gasteiger partial charge < -0.3 is 15.1 Å². The van der Waals surface area contributed by atoms with Crippen LogP contribution in [0.25, 0.3) is 16.7 Å². The second-order valence-electron chi connectivity index (χ2n) is 9.00. The summed E-state index contributed by atoms with van der Waals surface area (Å²) >= 11 is 0. The number of piperazine rings is 1. The van der Waals surface area contributed by atoms with Crippen molar-refractivity contribution >= 4 is 34.1 Å². The van der Waals surface area contributed by atoms with E-state index in [1.54, 1.807) is 46.5 Å². The first-order valence-electron chi connectivity index (χ1n) is 11.4. The first-order chi connectivity index (χ1) is 17.0. The van der Waals surface area contributed by atoms with Crippen molar-refractivity contribution in [3.05, 3.63) is 65.2 Å². The second-order valence-corrected chi connectivity index (χ2v) is 9.00. The Morgan fingerprint density at radius 3 is 2.67 bits per heavy atom. The van der Waals surface area contributed by atoms with Crippen molar-refractivity contribution in [3.8, 4) is 0 Å². The Labute approximate surface area is 204 Å². The largest absolute Gasteiger partial charge is 0.416 e. The highest BCUT2D eigenvalue weighted by atomic mass is 19.4. The van der Waals surface area contributed by atoms with E-state index in [9.17, 15) is 18.0 Å². The molecule has 2 aromatic carbocycles. The van der Waals surface area contributed by atoms with Crippen molar-refractivity contribution in [3.63, 3.8) is 0 Å². The molecule has 1 N–H and O–H groups in total. The Bertz CT molecular complexity index is 1480. The Hall–Kier alpha value is -3.89. The smallest absolute Gasteiger partial charge is 0.363 e. The van der Waals surface area contributed by atoms with E-state index in [2.05, 4.69) is 15.3 Å². The van der Waals surface area contributed by atoms with Crippen LogP contribution in [0.4, 0.5) is 29.1 Å². The number of carbonyl (C=O) groups is 1. The maximum Gasteiger partial charge on any atom is 0.416 e. The number of anilines is 2. The molecule has 0 spiro atoms. The molecule has 0 bridgehead atoms. The number of imidazole rings is 1. The summed E-state index contributed by atoms with van der Waals surface area (Å²) in [4.78, 5) is 24.3. The fourth-order valence-electron chi connectivity index (χ4n) is 4.70. The van der Waals surface area contributed by atoms with Crippen LogP contribution in [0.1, 0.15) is 29.7 Å². The molecule has 3 heterocycles. The lowest BCUT2D eigenvalue weighted by atomic mass is 9.97. The minimum atomic E-state index is -4.47. The van der Waals surface area contributed by atoms with Gasteiger partial charge in [0.05, 0.1) is 29.4 Å². The molecule has 5 rings (SSSR count). The third-order valence-corrected chi connectivity index (χ3v) is 6.71. The zero-order chi connectivity index (χ0) is 25.8. The number of likely N-dealkylation sites (N-methyl/N-ethyl adjacent to an activating group) is 1. The molecule has 2 aromatic heterocycles. The van der Waals surface area contributed by atoms with Crippen LogP contribution >= 0.6 is 0 Å². The lowest BCUT2D eigenvalue weighted by molar-refractivity contribution is -0.138. The molecular formula is C25H24F4N6O. The number of amides is 1. The average molecular weight is 501 g/mol. The number of fused-ring (bicyclic) bond motifs is 3. The number of carbonyl (C=O) groups excluding carboxylic acids is 1. The summed E-state index contributed by atoms with van der Waals surface area (Å²) in [6, 6.07) is 6.53. The number of nitrogens with zero attached hydrogens (tertiary/aromatic N) is 5. The number of rotatable bonds is 4. The number of halogens is 4. The van der Waals surface area contributed by atoms with E-state index in [1.165, 1.54) is 25.3 Å². The van der Waals surface area contributed by atoms with Crippen LogP contribution in [0, 0.1) is 12.7 Å². The molecule has 4 aromatic rings. The Morgan fingerprint density at radius 2 is 1.94 bits per heavy atom. The maximum absolute atomic E-state index is 15.3. The van der Waals surface area contributed by atoms with E-state index in [1.807, 2.05) is 0 Å². The van der Waals surface area contributed by atoms with E-state index in [0.717, 1.165) is 6.07 Å². The highest BCUT2D eigenvalue weighted by molar-refractivity contribution is 5.94. The summed E-state index contributed by atoms with van der Waals surface area (Å²) in [5, 5.41) is 3.78. The van der Waals surface area contributed by atoms with Crippen molar-refractivity contribution in [2.75, 3.05) is 36.9 Å². The number of hydrogen-bond acceptors (Lipinski definition) is 5. The molecule has 36 heavy (non-hydrogen) atoms. The van der Waals surface area contributed by atoms with Crippen LogP contribution in [-0.2, 0) is 11.0 Å². The van der Waals surface area contributed by atoms with E-state index in [-0.39, 0.29) is 23.7 Å². The molecule has 0 radical (unpaired) electrons. The quantitative estimate of drug-likeness (QED) is 0.408. The van der Waals surface area contributed by atoms with Crippen LogP contribution in [0.15, 0.2) is 42.7 Å². The predicted octanol–water partition coefficient (Wildman–Crippen LogP) is 4.80. The van der Waals surface area contributed by atoms with Gasteiger partial charge in [-0.2, -0.15) is 18.2 Å². The van der Waals surface area contributed by atoms with Crippen molar-refractivity contribution in [1.82, 2.24) is 19.3 Å². The zero-order valence-electron chi connectivity index (χ0n) is 19.9. The van der Waals surface area contributed by atoms with E-state index in [0.29, 0.717) is 41.2 Å². The average Bonchev–Trinajstić information content (AvgIpc) is 3.28. The summed E-state index contributed by atoms with van der Waals surface area (Å²) < 4.78 is 57.3. The van der Waals surface area contributed by atoms with Gasteiger partial charge in [0, 0.05) is 44.0 Å². The Balaban J connectivity index is 1.60. The van der Waals surface area contributed by atoms with Crippen LogP contribution in [0.2, 0.25) is 0 Å². The molecule has 1 fully saturated rings. The number of alkyl halides is 3. The van der Waals surface area contributed by atoms with Crippen LogP contribution in [0.3, 0.4) is 0 Å². The molecule has 11 heteroatoms. The van der Waals surface area contributed by atoms with Gasteiger partial charge in [0.15, 0.2) is 0 Å². The summed E-state index contributed by atoms with van der Waals surface area (Å²) in [7, 11) is 1.70. The zero-order valence-corrected chi connectivity index (χ0v) is 19.9. The summed E-state index contributed by atoms with van der Waals surface area (Å²) in [5.41, 5.74) is 0.652. The summed E-state index contributed by atoms with van der Waals surface area (Å²) in [5.74, 6) is 0.0688. The van der Waals surface area contributed by atoms with Crippen molar-refractivity contribution in [2.45, 2.75) is 26.1 Å². The molecule has 7 nitrogen and oxygen atoms in total. The molecule has 0 saturated carbocycles. The van der Waals surface area contributed by atoms with Gasteiger partial charge in [-0.3, -0.25) is 9.20 Å². The highest BCUT2D eigenvalue weighted by Gasteiger charge is 2.33. The van der Waals surface area contributed by atoms with E-state index >= 15 is 4.39 Å². The van der Waals surface area contributed by atoms with Crippen LogP contribution in [-0.4, -0.2) is 51.9 Å². The van der Waals surface area contributed by atoms with E-state index < -0.39 is 23.6 Å². The standard InChI is InChI=1S/C25H24F4N6O/c1-14-16(5-4-6-18(14)25(27,28)29)15(2)31-23-17-11-21(34-10-9-33(3)22(36)13-34)19(26)12-20(17)35-8-7-30-24(35)32-23/h4-8,11-12,15H,9-10,13H2,1-3H3,(H,30,31,32). The van der Waals surface area contributed by atoms with Gasteiger partial charge in [-0.15, -0.1) is 0 Å². The van der Waals surface area contributed by atoms with Crippen molar-refractivity contribution in [1.29, 1.82) is 0 Å². The lowest BCUT2D eigenvalue weighted by Gasteiger charge is -2.33. The summed E-state index contributed by atoms with van der Waals surface area (Å²) in [6.07, 6.45) is -1.27. The first-order valence-corrected chi connectivity index (χ1v) is 11.4. The SMILES string of the molecule is Cc1c(C(C)Nc2nc3nccn3c3cc(F)c(N4CCN(C)C(=O)C4)cc23)cccc1C(F)(F)F. The van der Waals surface area contributed by atoms with Crippen molar-refractivity contribution in [2.24, 2.45) is 0 Å². The van der Waals surface area contributed by atoms with Gasteiger partial charge in [-0.1, -0.05) is 12.1 Å². The maximum atomic E-state index is 15.3. The number of aromatic nitrogens is 3. The molecule has 1 aliphatic rings. The number of benzene rings is 2. The van der Waals surface area contributed by atoms with Gasteiger partial charge in [0.1, 0.15) is 11.6 Å². The first kappa shape index (κ1) is 23.8. The normalized spacial score (nSPS) is 15.7. The third kappa shape index (κ3) is 4.08. The van der Waals surface area contributed by atoms with Gasteiger partial charge >= 0.3 is 6.18 Å². The molecule has 1 atom stereocenters. The van der Waals surface area contributed by atoms with E-state index in [4.69, 9.17) is 0 Å². The number of nitrogens with one attached hydrogen (secondary N) is 1. The summed E-state index contributed by atoms with van der Waals surface area (Å²) in [6.45, 7) is 4.16. The molecule has 1 unspecified atom stereocenters. The van der Waals surface area contributed by atoms with Gasteiger partial charge in [-0.25, -0.2) is 9.37 Å².